The van der Waals surface area contributed by atoms with Gasteiger partial charge in [0.15, 0.2) is 5.78 Å². The van der Waals surface area contributed by atoms with Gasteiger partial charge in [-0.2, -0.15) is 5.10 Å². The van der Waals surface area contributed by atoms with Crippen LogP contribution in [-0.2, 0) is 11.2 Å². The minimum absolute atomic E-state index is 0.0352. The molecule has 0 aliphatic heterocycles. The molecule has 0 bridgehead atoms. The molecule has 0 saturated heterocycles. The molecule has 4 nitrogen and oxygen atoms in total. The summed E-state index contributed by atoms with van der Waals surface area (Å²) in [5.41, 5.74) is 6.46. The topological polar surface area (TPSA) is 58.6 Å². The number of Topliss-reactive ketones (excluding diaryl/α,β-unsaturated/α-hetero) is 1. The number of ketones is 1. The number of hydrogen-bond acceptors (Lipinski definition) is 3. The lowest BCUT2D eigenvalue weighted by atomic mass is 9.65. The third-order valence-electron chi connectivity index (χ3n) is 5.03. The molecule has 118 valence electrons. The van der Waals surface area contributed by atoms with Crippen molar-refractivity contribution in [2.75, 3.05) is 0 Å². The number of aromatic amines is 1. The molecule has 0 amide bonds. The summed E-state index contributed by atoms with van der Waals surface area (Å²) in [7, 11) is 0. The molecule has 2 heterocycles. The van der Waals surface area contributed by atoms with Gasteiger partial charge in [0.2, 0.25) is 0 Å². The van der Waals surface area contributed by atoms with E-state index in [1.54, 1.807) is 6.20 Å². The van der Waals surface area contributed by atoms with Crippen molar-refractivity contribution in [3.63, 3.8) is 0 Å². The van der Waals surface area contributed by atoms with Gasteiger partial charge >= 0.3 is 0 Å². The van der Waals surface area contributed by atoms with Crippen LogP contribution in [0.15, 0.2) is 35.5 Å². The number of allylic oxidation sites excluding steroid dienone is 2. The van der Waals surface area contributed by atoms with Crippen molar-refractivity contribution >= 4 is 5.78 Å². The third-order valence-corrected chi connectivity index (χ3v) is 5.03. The van der Waals surface area contributed by atoms with E-state index >= 15 is 0 Å². The molecular weight excluding hydrogens is 286 g/mol. The van der Waals surface area contributed by atoms with E-state index < -0.39 is 0 Å². The van der Waals surface area contributed by atoms with Crippen LogP contribution in [-0.4, -0.2) is 21.0 Å². The Bertz CT molecular complexity index is 814. The summed E-state index contributed by atoms with van der Waals surface area (Å²) in [5.74, 6) is 0.204. The number of carbonyl (C=O) groups excluding carboxylic acids is 1. The van der Waals surface area contributed by atoms with Gasteiger partial charge in [-0.15, -0.1) is 0 Å². The number of aromatic nitrogens is 3. The van der Waals surface area contributed by atoms with E-state index in [4.69, 9.17) is 0 Å². The fraction of sp³-hybridized carbons (Fsp3) is 0.421. The SMILES string of the molecule is Cc1[nH]nc2c1C(c1ccccn1)C1=C(C2)CC(C)(C)CC1=O. The van der Waals surface area contributed by atoms with E-state index in [9.17, 15) is 4.79 Å². The maximum Gasteiger partial charge on any atom is 0.160 e. The molecule has 2 aromatic heterocycles. The number of aryl methyl sites for hydroxylation is 1. The Morgan fingerprint density at radius 1 is 1.26 bits per heavy atom. The lowest BCUT2D eigenvalue weighted by Crippen LogP contribution is -2.32. The molecule has 4 heteroatoms. The summed E-state index contributed by atoms with van der Waals surface area (Å²) in [5, 5.41) is 7.61. The highest BCUT2D eigenvalue weighted by Crippen LogP contribution is 2.48. The lowest BCUT2D eigenvalue weighted by molar-refractivity contribution is -0.118. The van der Waals surface area contributed by atoms with Crippen LogP contribution in [0.3, 0.4) is 0 Å². The first-order chi connectivity index (χ1) is 11.0. The van der Waals surface area contributed by atoms with Crippen LogP contribution < -0.4 is 0 Å². The molecule has 23 heavy (non-hydrogen) atoms. The van der Waals surface area contributed by atoms with Crippen LogP contribution in [0.5, 0.6) is 0 Å². The number of pyridine rings is 1. The average Bonchev–Trinajstić information content (AvgIpc) is 2.86. The normalized spacial score (nSPS) is 22.7. The van der Waals surface area contributed by atoms with E-state index in [0.29, 0.717) is 6.42 Å². The van der Waals surface area contributed by atoms with Crippen LogP contribution >= 0.6 is 0 Å². The molecule has 2 aromatic rings. The summed E-state index contributed by atoms with van der Waals surface area (Å²) in [6.45, 7) is 6.39. The molecule has 0 aromatic carbocycles. The minimum Gasteiger partial charge on any atom is -0.294 e. The smallest absolute Gasteiger partial charge is 0.160 e. The largest absolute Gasteiger partial charge is 0.294 e. The Morgan fingerprint density at radius 3 is 2.83 bits per heavy atom. The van der Waals surface area contributed by atoms with Gasteiger partial charge < -0.3 is 0 Å². The first-order valence-corrected chi connectivity index (χ1v) is 8.16. The van der Waals surface area contributed by atoms with Crippen molar-refractivity contribution in [1.82, 2.24) is 15.2 Å². The van der Waals surface area contributed by atoms with Gasteiger partial charge in [0, 0.05) is 35.9 Å². The third kappa shape index (κ3) is 2.24. The maximum absolute atomic E-state index is 13.0. The minimum atomic E-state index is -0.0719. The Kier molecular flexibility index (Phi) is 3.05. The second kappa shape index (κ2) is 4.88. The highest BCUT2D eigenvalue weighted by atomic mass is 16.1. The summed E-state index contributed by atoms with van der Waals surface area (Å²) >= 11 is 0. The number of fused-ring (bicyclic) bond motifs is 1. The Hall–Kier alpha value is -2.23. The Labute approximate surface area is 136 Å². The molecular formula is C19H21N3O. The second-order valence-electron chi connectivity index (χ2n) is 7.53. The van der Waals surface area contributed by atoms with Crippen molar-refractivity contribution in [1.29, 1.82) is 0 Å². The van der Waals surface area contributed by atoms with Gasteiger partial charge in [0.05, 0.1) is 17.3 Å². The molecule has 0 spiro atoms. The number of nitrogens with one attached hydrogen (secondary N) is 1. The number of H-pyrrole nitrogens is 1. The standard InChI is InChI=1S/C19H21N3O/c1-11-16-14(22-21-11)8-12-9-19(2,3)10-15(23)17(12)18(16)13-6-4-5-7-20-13/h4-7,18H,8-10H2,1-3H3,(H,21,22). The number of nitrogens with zero attached hydrogens (tertiary/aromatic N) is 2. The highest BCUT2D eigenvalue weighted by molar-refractivity contribution is 6.00. The molecule has 1 N–H and O–H groups in total. The van der Waals surface area contributed by atoms with Crippen LogP contribution in [0, 0.1) is 12.3 Å². The summed E-state index contributed by atoms with van der Waals surface area (Å²) in [4.78, 5) is 17.5. The molecule has 0 saturated carbocycles. The lowest BCUT2D eigenvalue weighted by Gasteiger charge is -2.37. The Morgan fingerprint density at radius 2 is 2.09 bits per heavy atom. The first-order valence-electron chi connectivity index (χ1n) is 8.16. The van der Waals surface area contributed by atoms with Crippen LogP contribution in [0.4, 0.5) is 0 Å². The van der Waals surface area contributed by atoms with E-state index in [-0.39, 0.29) is 17.1 Å². The van der Waals surface area contributed by atoms with Gasteiger partial charge in [-0.3, -0.25) is 14.9 Å². The zero-order valence-corrected chi connectivity index (χ0v) is 13.8. The molecule has 2 aliphatic rings. The monoisotopic (exact) mass is 307 g/mol. The van der Waals surface area contributed by atoms with Crippen molar-refractivity contribution < 1.29 is 4.79 Å². The second-order valence-corrected chi connectivity index (χ2v) is 7.53. The van der Waals surface area contributed by atoms with Crippen molar-refractivity contribution in [2.45, 2.75) is 46.0 Å². The fourth-order valence-corrected chi connectivity index (χ4v) is 4.18. The summed E-state index contributed by atoms with van der Waals surface area (Å²) in [6.07, 6.45) is 4.16. The fourth-order valence-electron chi connectivity index (χ4n) is 4.18. The van der Waals surface area contributed by atoms with E-state index in [2.05, 4.69) is 29.0 Å². The molecule has 1 atom stereocenters. The molecule has 0 radical (unpaired) electrons. The number of hydrogen-bond donors (Lipinski definition) is 1. The van der Waals surface area contributed by atoms with Gasteiger partial charge in [-0.05, 0) is 30.9 Å². The van der Waals surface area contributed by atoms with E-state index in [1.165, 1.54) is 5.57 Å². The van der Waals surface area contributed by atoms with Gasteiger partial charge in [0.25, 0.3) is 0 Å². The molecule has 1 unspecified atom stereocenters. The predicted molar refractivity (Wildman–Crippen MR) is 88.2 cm³/mol. The average molecular weight is 307 g/mol. The highest BCUT2D eigenvalue weighted by Gasteiger charge is 2.42. The number of carbonyl (C=O) groups is 1. The zero-order valence-electron chi connectivity index (χ0n) is 13.8. The first kappa shape index (κ1) is 14.4. The summed E-state index contributed by atoms with van der Waals surface area (Å²) in [6, 6.07) is 5.92. The van der Waals surface area contributed by atoms with Crippen LogP contribution in [0.1, 0.15) is 55.3 Å². The number of rotatable bonds is 1. The van der Waals surface area contributed by atoms with Crippen molar-refractivity contribution in [2.24, 2.45) is 5.41 Å². The predicted octanol–water partition coefficient (Wildman–Crippen LogP) is 3.49. The van der Waals surface area contributed by atoms with Gasteiger partial charge in [-0.1, -0.05) is 25.5 Å². The van der Waals surface area contributed by atoms with Crippen molar-refractivity contribution in [3.8, 4) is 0 Å². The van der Waals surface area contributed by atoms with Crippen LogP contribution in [0.25, 0.3) is 0 Å². The van der Waals surface area contributed by atoms with E-state index in [0.717, 1.165) is 41.1 Å². The quantitative estimate of drug-likeness (QED) is 0.877. The van der Waals surface area contributed by atoms with E-state index in [1.807, 2.05) is 25.1 Å². The van der Waals surface area contributed by atoms with Crippen molar-refractivity contribution in [3.05, 3.63) is 58.2 Å². The zero-order chi connectivity index (χ0) is 16.2. The molecule has 4 rings (SSSR count). The summed E-state index contributed by atoms with van der Waals surface area (Å²) < 4.78 is 0. The molecule has 2 aliphatic carbocycles. The van der Waals surface area contributed by atoms with Gasteiger partial charge in [-0.25, -0.2) is 0 Å². The maximum atomic E-state index is 13.0. The Balaban J connectivity index is 1.94. The van der Waals surface area contributed by atoms with Gasteiger partial charge in [0.1, 0.15) is 0 Å². The van der Waals surface area contributed by atoms with Crippen LogP contribution in [0.2, 0.25) is 0 Å². The molecule has 0 fully saturated rings.